The number of nitrogens with zero attached hydrogens (tertiary/aromatic N) is 3. The van der Waals surface area contributed by atoms with Crippen molar-refractivity contribution in [2.45, 2.75) is 33.7 Å². The first-order valence-electron chi connectivity index (χ1n) is 7.80. The van der Waals surface area contributed by atoms with Crippen LogP contribution in [0.1, 0.15) is 30.5 Å². The molecule has 3 aromatic rings. The average Bonchev–Trinajstić information content (AvgIpc) is 2.94. The average molecular weight is 323 g/mol. The Morgan fingerprint density at radius 1 is 1.13 bits per heavy atom. The zero-order valence-electron chi connectivity index (χ0n) is 13.9. The molecule has 0 saturated heterocycles. The summed E-state index contributed by atoms with van der Waals surface area (Å²) in [4.78, 5) is 4.72. The molecule has 1 heterocycles. The summed E-state index contributed by atoms with van der Waals surface area (Å²) >= 11 is 1.68. The number of rotatable bonds is 4. The van der Waals surface area contributed by atoms with Crippen LogP contribution in [0.25, 0.3) is 10.2 Å². The molecule has 4 heteroatoms. The lowest BCUT2D eigenvalue weighted by Crippen LogP contribution is -2.25. The summed E-state index contributed by atoms with van der Waals surface area (Å²) < 4.78 is 1.19. The van der Waals surface area contributed by atoms with Crippen LogP contribution >= 0.6 is 11.3 Å². The third kappa shape index (κ3) is 3.42. The SMILES string of the molecule is Cc1ccc(C)c(/C=N/N(c2nc3ccccc3s2)C(C)C)c1. The molecule has 0 radical (unpaired) electrons. The molecule has 0 spiro atoms. The molecular formula is C19H21N3S. The maximum Gasteiger partial charge on any atom is 0.207 e. The normalized spacial score (nSPS) is 11.7. The lowest BCUT2D eigenvalue weighted by atomic mass is 10.1. The molecule has 0 amide bonds. The Morgan fingerprint density at radius 3 is 2.65 bits per heavy atom. The van der Waals surface area contributed by atoms with Crippen molar-refractivity contribution in [2.75, 3.05) is 5.01 Å². The number of hydrogen-bond acceptors (Lipinski definition) is 4. The fourth-order valence-electron chi connectivity index (χ4n) is 2.39. The molecule has 0 saturated carbocycles. The molecule has 3 nitrogen and oxygen atoms in total. The van der Waals surface area contributed by atoms with Crippen LogP contribution in [0.5, 0.6) is 0 Å². The van der Waals surface area contributed by atoms with Gasteiger partial charge in [0.05, 0.1) is 16.4 Å². The van der Waals surface area contributed by atoms with Gasteiger partial charge in [0.1, 0.15) is 0 Å². The number of benzene rings is 2. The van der Waals surface area contributed by atoms with E-state index in [2.05, 4.69) is 52.0 Å². The van der Waals surface area contributed by atoms with Crippen LogP contribution in [0.4, 0.5) is 5.13 Å². The number of para-hydroxylation sites is 1. The van der Waals surface area contributed by atoms with E-state index in [1.165, 1.54) is 15.8 Å². The van der Waals surface area contributed by atoms with E-state index >= 15 is 0 Å². The van der Waals surface area contributed by atoms with Crippen molar-refractivity contribution in [3.8, 4) is 0 Å². The number of hydrogen-bond donors (Lipinski definition) is 0. The van der Waals surface area contributed by atoms with E-state index in [0.717, 1.165) is 16.2 Å². The summed E-state index contributed by atoms with van der Waals surface area (Å²) in [6.45, 7) is 8.47. The van der Waals surface area contributed by atoms with Crippen LogP contribution in [0, 0.1) is 13.8 Å². The van der Waals surface area contributed by atoms with Crippen molar-refractivity contribution in [1.82, 2.24) is 4.98 Å². The van der Waals surface area contributed by atoms with Gasteiger partial charge in [0.15, 0.2) is 0 Å². The predicted molar refractivity (Wildman–Crippen MR) is 101 cm³/mol. The number of thiazole rings is 1. The molecule has 0 aliphatic heterocycles. The smallest absolute Gasteiger partial charge is 0.207 e. The van der Waals surface area contributed by atoms with E-state index in [1.54, 1.807) is 11.3 Å². The third-order valence-electron chi connectivity index (χ3n) is 3.72. The summed E-state index contributed by atoms with van der Waals surface area (Å²) in [7, 11) is 0. The minimum atomic E-state index is 0.247. The van der Waals surface area contributed by atoms with Crippen molar-refractivity contribution in [3.63, 3.8) is 0 Å². The molecule has 3 rings (SSSR count). The Hall–Kier alpha value is -2.20. The lowest BCUT2D eigenvalue weighted by molar-refractivity contribution is 0.713. The molecule has 0 atom stereocenters. The Kier molecular flexibility index (Phi) is 4.44. The predicted octanol–water partition coefficient (Wildman–Crippen LogP) is 5.16. The van der Waals surface area contributed by atoms with Crippen molar-refractivity contribution >= 4 is 32.9 Å². The van der Waals surface area contributed by atoms with Crippen molar-refractivity contribution in [1.29, 1.82) is 0 Å². The molecule has 2 aromatic carbocycles. The molecule has 1 aromatic heterocycles. The van der Waals surface area contributed by atoms with Gasteiger partial charge in [-0.15, -0.1) is 0 Å². The van der Waals surface area contributed by atoms with Crippen molar-refractivity contribution in [3.05, 3.63) is 59.2 Å². The first-order chi connectivity index (χ1) is 11.0. The van der Waals surface area contributed by atoms with E-state index in [9.17, 15) is 0 Å². The van der Waals surface area contributed by atoms with Crippen LogP contribution in [-0.2, 0) is 0 Å². The molecule has 0 N–H and O–H groups in total. The summed E-state index contributed by atoms with van der Waals surface area (Å²) in [6, 6.07) is 14.9. The van der Waals surface area contributed by atoms with Gasteiger partial charge in [0.25, 0.3) is 0 Å². The molecule has 0 aliphatic carbocycles. The highest BCUT2D eigenvalue weighted by molar-refractivity contribution is 7.22. The Morgan fingerprint density at radius 2 is 1.91 bits per heavy atom. The largest absolute Gasteiger partial charge is 0.237 e. The molecule has 118 valence electrons. The van der Waals surface area contributed by atoms with Gasteiger partial charge >= 0.3 is 0 Å². The summed E-state index contributed by atoms with van der Waals surface area (Å²) in [6.07, 6.45) is 1.94. The van der Waals surface area contributed by atoms with Crippen molar-refractivity contribution < 1.29 is 0 Å². The highest BCUT2D eigenvalue weighted by atomic mass is 32.1. The number of aryl methyl sites for hydroxylation is 2. The summed E-state index contributed by atoms with van der Waals surface area (Å²) in [5.41, 5.74) is 4.65. The first kappa shape index (κ1) is 15.7. The summed E-state index contributed by atoms with van der Waals surface area (Å²) in [5.74, 6) is 0. The topological polar surface area (TPSA) is 28.5 Å². The van der Waals surface area contributed by atoms with Crippen LogP contribution in [-0.4, -0.2) is 17.2 Å². The fraction of sp³-hybridized carbons (Fsp3) is 0.263. The van der Waals surface area contributed by atoms with Crippen LogP contribution in [0.15, 0.2) is 47.6 Å². The van der Waals surface area contributed by atoms with Crippen molar-refractivity contribution in [2.24, 2.45) is 5.10 Å². The van der Waals surface area contributed by atoms with E-state index in [-0.39, 0.29) is 6.04 Å². The molecule has 0 unspecified atom stereocenters. The standard InChI is InChI=1S/C19H21N3S/c1-13(2)22(19-21-17-7-5-6-8-18(17)23-19)20-12-16-11-14(3)9-10-15(16)4/h5-13H,1-4H3/b20-12+. The molecule has 0 aliphatic rings. The highest BCUT2D eigenvalue weighted by Gasteiger charge is 2.14. The second kappa shape index (κ2) is 6.50. The van der Waals surface area contributed by atoms with Gasteiger partial charge in [-0.3, -0.25) is 0 Å². The van der Waals surface area contributed by atoms with Gasteiger partial charge in [0, 0.05) is 6.04 Å². The fourth-order valence-corrected chi connectivity index (χ4v) is 3.44. The van der Waals surface area contributed by atoms with Gasteiger partial charge in [-0.05, 0) is 51.0 Å². The van der Waals surface area contributed by atoms with Gasteiger partial charge in [-0.25, -0.2) is 9.99 Å². The van der Waals surface area contributed by atoms with E-state index < -0.39 is 0 Å². The van der Waals surface area contributed by atoms with E-state index in [4.69, 9.17) is 10.1 Å². The van der Waals surface area contributed by atoms with Gasteiger partial charge in [-0.1, -0.05) is 47.2 Å². The molecule has 0 fully saturated rings. The Labute approximate surface area is 141 Å². The molecule has 0 bridgehead atoms. The summed E-state index contributed by atoms with van der Waals surface area (Å²) in [5, 5.41) is 7.64. The van der Waals surface area contributed by atoms with Gasteiger partial charge in [-0.2, -0.15) is 5.10 Å². The number of anilines is 1. The molecule has 23 heavy (non-hydrogen) atoms. The first-order valence-corrected chi connectivity index (χ1v) is 8.62. The van der Waals surface area contributed by atoms with E-state index in [0.29, 0.717) is 0 Å². The Bertz CT molecular complexity index is 816. The second-order valence-corrected chi connectivity index (χ2v) is 7.02. The third-order valence-corrected chi connectivity index (χ3v) is 4.75. The number of aromatic nitrogens is 1. The van der Waals surface area contributed by atoms with Crippen LogP contribution in [0.3, 0.4) is 0 Å². The van der Waals surface area contributed by atoms with Crippen LogP contribution < -0.4 is 5.01 Å². The number of fused-ring (bicyclic) bond motifs is 1. The number of hydrazone groups is 1. The zero-order valence-corrected chi connectivity index (χ0v) is 14.8. The maximum absolute atomic E-state index is 4.72. The zero-order chi connectivity index (χ0) is 16.4. The minimum Gasteiger partial charge on any atom is -0.237 e. The quantitative estimate of drug-likeness (QED) is 0.490. The molecular weight excluding hydrogens is 302 g/mol. The maximum atomic E-state index is 4.72. The minimum absolute atomic E-state index is 0.247. The van der Waals surface area contributed by atoms with Gasteiger partial charge < -0.3 is 0 Å². The highest BCUT2D eigenvalue weighted by Crippen LogP contribution is 2.29. The van der Waals surface area contributed by atoms with E-state index in [1.807, 2.05) is 29.4 Å². The van der Waals surface area contributed by atoms with Crippen LogP contribution in [0.2, 0.25) is 0 Å². The second-order valence-electron chi connectivity index (χ2n) is 6.01. The monoisotopic (exact) mass is 323 g/mol. The Balaban J connectivity index is 1.95. The van der Waals surface area contributed by atoms with Gasteiger partial charge in [0.2, 0.25) is 5.13 Å². The lowest BCUT2D eigenvalue weighted by Gasteiger charge is -2.20.